The predicted octanol–water partition coefficient (Wildman–Crippen LogP) is 1.01. The number of pyridine rings is 1. The van der Waals surface area contributed by atoms with Crippen LogP contribution >= 0.6 is 0 Å². The monoisotopic (exact) mass is 569 g/mol. The number of aromatic nitrogens is 5. The molecule has 0 radical (unpaired) electrons. The summed E-state index contributed by atoms with van der Waals surface area (Å²) in [6.07, 6.45) is 12.3. The molecular weight excluding hydrogens is 538 g/mol. The number of aryl methyl sites for hydroxylation is 2. The largest absolute Gasteiger partial charge is 1.00 e. The van der Waals surface area contributed by atoms with Gasteiger partial charge in [-0.15, -0.1) is 0 Å². The molecule has 8 heteroatoms. The van der Waals surface area contributed by atoms with Crippen molar-refractivity contribution in [2.24, 2.45) is 0 Å². The molecule has 0 unspecified atom stereocenters. The highest BCUT2D eigenvalue weighted by atomic mass is 79.9. The molecule has 0 spiro atoms. The van der Waals surface area contributed by atoms with Crippen molar-refractivity contribution in [2.45, 2.75) is 38.8 Å². The van der Waals surface area contributed by atoms with E-state index in [1.807, 2.05) is 4.57 Å². The minimum absolute atomic E-state index is 0. The molecule has 1 aliphatic rings. The van der Waals surface area contributed by atoms with Gasteiger partial charge < -0.3 is 31.4 Å². The SMILES string of the molecule is N=c1ncn(Cc2ccc(CCc3ccc(C[n+]4ccc(N5CCCC5)cc4)cc3)cc2)c2nc[nH]c12.[Br-]. The molecule has 6 rings (SSSR count). The van der Waals surface area contributed by atoms with Crippen LogP contribution in [0.25, 0.3) is 11.2 Å². The lowest BCUT2D eigenvalue weighted by atomic mass is 10.0. The molecule has 1 fully saturated rings. The summed E-state index contributed by atoms with van der Waals surface area (Å²) in [7, 11) is 0. The summed E-state index contributed by atoms with van der Waals surface area (Å²) < 4.78 is 4.23. The fourth-order valence-electron chi connectivity index (χ4n) is 5.10. The molecule has 5 aromatic rings. The summed E-state index contributed by atoms with van der Waals surface area (Å²) in [6, 6.07) is 22.3. The molecule has 0 amide bonds. The summed E-state index contributed by atoms with van der Waals surface area (Å²) >= 11 is 0. The Morgan fingerprint density at radius 2 is 1.39 bits per heavy atom. The van der Waals surface area contributed by atoms with Crippen molar-refractivity contribution in [3.05, 3.63) is 113 Å². The quantitative estimate of drug-likeness (QED) is 0.274. The number of aromatic amines is 1. The molecule has 2 aromatic carbocycles. The lowest BCUT2D eigenvalue weighted by Gasteiger charge is -2.16. The van der Waals surface area contributed by atoms with Gasteiger partial charge in [0.2, 0.25) is 0 Å². The Balaban J connectivity index is 0.00000294. The zero-order valence-electron chi connectivity index (χ0n) is 21.4. The second kappa shape index (κ2) is 11.7. The smallest absolute Gasteiger partial charge is 0.173 e. The van der Waals surface area contributed by atoms with Crippen LogP contribution in [0.1, 0.15) is 35.1 Å². The van der Waals surface area contributed by atoms with Crippen LogP contribution < -0.4 is 31.9 Å². The number of H-pyrrole nitrogens is 1. The van der Waals surface area contributed by atoms with Crippen LogP contribution in [0.2, 0.25) is 0 Å². The zero-order valence-corrected chi connectivity index (χ0v) is 22.9. The maximum absolute atomic E-state index is 7.90. The zero-order chi connectivity index (χ0) is 25.0. The Labute approximate surface area is 233 Å². The van der Waals surface area contributed by atoms with Gasteiger partial charge in [-0.05, 0) is 42.4 Å². The van der Waals surface area contributed by atoms with Crippen LogP contribution in [0.3, 0.4) is 0 Å². The van der Waals surface area contributed by atoms with E-state index in [2.05, 4.69) is 97.5 Å². The maximum Gasteiger partial charge on any atom is 0.173 e. The number of imidazole rings is 1. The summed E-state index contributed by atoms with van der Waals surface area (Å²) in [4.78, 5) is 14.0. The van der Waals surface area contributed by atoms with Gasteiger partial charge in [0.05, 0.1) is 19.2 Å². The van der Waals surface area contributed by atoms with E-state index in [4.69, 9.17) is 5.41 Å². The second-order valence-electron chi connectivity index (χ2n) is 9.88. The Hall–Kier alpha value is -3.78. The van der Waals surface area contributed by atoms with E-state index in [1.54, 1.807) is 12.7 Å². The number of fused-ring (bicyclic) bond motifs is 1. The first-order valence-electron chi connectivity index (χ1n) is 13.0. The van der Waals surface area contributed by atoms with E-state index in [-0.39, 0.29) is 22.5 Å². The van der Waals surface area contributed by atoms with Gasteiger partial charge in [0.1, 0.15) is 5.52 Å². The number of nitrogens with one attached hydrogen (secondary N) is 2. The van der Waals surface area contributed by atoms with E-state index >= 15 is 0 Å². The summed E-state index contributed by atoms with van der Waals surface area (Å²) in [5.74, 6) is 0. The average molecular weight is 571 g/mol. The van der Waals surface area contributed by atoms with Crippen molar-refractivity contribution in [1.82, 2.24) is 19.5 Å². The lowest BCUT2D eigenvalue weighted by Crippen LogP contribution is -3.00. The molecule has 2 N–H and O–H groups in total. The molecule has 0 atom stereocenters. The van der Waals surface area contributed by atoms with Gasteiger partial charge in [0.25, 0.3) is 0 Å². The van der Waals surface area contributed by atoms with Crippen LogP contribution in [0.4, 0.5) is 5.69 Å². The molecule has 4 heterocycles. The van der Waals surface area contributed by atoms with Gasteiger partial charge in [-0.2, -0.15) is 0 Å². The Bertz CT molecular complexity index is 1530. The lowest BCUT2D eigenvalue weighted by molar-refractivity contribution is -0.688. The number of anilines is 1. The van der Waals surface area contributed by atoms with Crippen molar-refractivity contribution in [2.75, 3.05) is 18.0 Å². The van der Waals surface area contributed by atoms with Crippen LogP contribution in [-0.4, -0.2) is 32.6 Å². The molecule has 0 bridgehead atoms. The van der Waals surface area contributed by atoms with Gasteiger partial charge in [-0.3, -0.25) is 5.41 Å². The molecule has 7 nitrogen and oxygen atoms in total. The number of benzene rings is 2. The molecule has 1 saturated heterocycles. The molecule has 0 saturated carbocycles. The first-order valence-corrected chi connectivity index (χ1v) is 13.0. The van der Waals surface area contributed by atoms with E-state index in [1.165, 1.54) is 53.9 Å². The minimum Gasteiger partial charge on any atom is -1.00 e. The van der Waals surface area contributed by atoms with Gasteiger partial charge in [-0.1, -0.05) is 48.5 Å². The van der Waals surface area contributed by atoms with E-state index in [9.17, 15) is 0 Å². The number of hydrogen-bond donors (Lipinski definition) is 2. The molecule has 3 aromatic heterocycles. The molecular formula is C30H32BrN7. The Kier molecular flexibility index (Phi) is 7.98. The third-order valence-electron chi connectivity index (χ3n) is 7.27. The van der Waals surface area contributed by atoms with Gasteiger partial charge in [-0.25, -0.2) is 14.5 Å². The number of halogens is 1. The molecule has 1 aliphatic heterocycles. The van der Waals surface area contributed by atoms with Crippen LogP contribution in [-0.2, 0) is 25.9 Å². The highest BCUT2D eigenvalue weighted by Crippen LogP contribution is 2.18. The highest BCUT2D eigenvalue weighted by Gasteiger charge is 2.13. The minimum atomic E-state index is 0. The van der Waals surface area contributed by atoms with Crippen molar-refractivity contribution in [3.63, 3.8) is 0 Å². The van der Waals surface area contributed by atoms with Crippen molar-refractivity contribution < 1.29 is 21.5 Å². The Morgan fingerprint density at radius 3 is 2.05 bits per heavy atom. The third-order valence-corrected chi connectivity index (χ3v) is 7.27. The van der Waals surface area contributed by atoms with Crippen LogP contribution in [0.15, 0.2) is 85.7 Å². The predicted molar refractivity (Wildman–Crippen MR) is 144 cm³/mol. The number of rotatable bonds is 8. The van der Waals surface area contributed by atoms with E-state index in [0.717, 1.165) is 25.0 Å². The standard InChI is InChI=1S/C30H32N7.BrH/c31-29-28-30(33-21-32-28)37(22-34-29)20-26-11-7-24(8-12-26)4-3-23-5-9-25(10-6-23)19-35-17-13-27(14-18-35)36-15-1-2-16-36;/h5-14,17-18,21-22,31H,1-4,15-16,19-20H2,(H,32,33);1H/q+1;/p-1. The van der Waals surface area contributed by atoms with Crippen LogP contribution in [0, 0.1) is 5.41 Å². The summed E-state index contributed by atoms with van der Waals surface area (Å²) in [5.41, 5.74) is 8.18. The molecule has 0 aliphatic carbocycles. The molecule has 38 heavy (non-hydrogen) atoms. The van der Waals surface area contributed by atoms with E-state index in [0.29, 0.717) is 12.1 Å². The Morgan fingerprint density at radius 1 is 0.789 bits per heavy atom. The van der Waals surface area contributed by atoms with E-state index < -0.39 is 0 Å². The van der Waals surface area contributed by atoms with Gasteiger partial charge in [0.15, 0.2) is 30.1 Å². The summed E-state index contributed by atoms with van der Waals surface area (Å²) in [6.45, 7) is 3.94. The highest BCUT2D eigenvalue weighted by molar-refractivity contribution is 5.68. The first-order chi connectivity index (χ1) is 18.2. The third kappa shape index (κ3) is 5.86. The average Bonchev–Trinajstić information content (AvgIpc) is 3.65. The van der Waals surface area contributed by atoms with Crippen molar-refractivity contribution in [3.8, 4) is 0 Å². The fraction of sp³-hybridized carbons (Fsp3) is 0.267. The van der Waals surface area contributed by atoms with Crippen LogP contribution in [0.5, 0.6) is 0 Å². The second-order valence-corrected chi connectivity index (χ2v) is 9.88. The fourth-order valence-corrected chi connectivity index (χ4v) is 5.10. The van der Waals surface area contributed by atoms with Gasteiger partial charge >= 0.3 is 0 Å². The number of hydrogen-bond acceptors (Lipinski definition) is 4. The topological polar surface area (TPSA) is 77.5 Å². The first kappa shape index (κ1) is 25.9. The van der Waals surface area contributed by atoms with Crippen molar-refractivity contribution in [1.29, 1.82) is 5.41 Å². The van der Waals surface area contributed by atoms with Crippen molar-refractivity contribution >= 4 is 16.9 Å². The summed E-state index contributed by atoms with van der Waals surface area (Å²) in [5, 5.41) is 7.90. The van der Waals surface area contributed by atoms with Gasteiger partial charge in [0, 0.05) is 36.5 Å². The molecule has 194 valence electrons. The maximum atomic E-state index is 7.90. The normalized spacial score (nSPS) is 13.1. The number of nitrogens with zero attached hydrogens (tertiary/aromatic N) is 5.